The third-order valence-corrected chi connectivity index (χ3v) is 3.77. The van der Waals surface area contributed by atoms with Crippen molar-refractivity contribution in [3.63, 3.8) is 0 Å². The Bertz CT molecular complexity index is 583. The van der Waals surface area contributed by atoms with E-state index in [-0.39, 0.29) is 11.7 Å². The van der Waals surface area contributed by atoms with Crippen molar-refractivity contribution >= 4 is 16.0 Å². The molecule has 1 aliphatic rings. The predicted octanol–water partition coefficient (Wildman–Crippen LogP) is -0.273. The third kappa shape index (κ3) is 2.80. The van der Waals surface area contributed by atoms with Crippen LogP contribution in [0.5, 0.6) is 0 Å². The van der Waals surface area contributed by atoms with E-state index in [4.69, 9.17) is 16.3 Å². The van der Waals surface area contributed by atoms with Crippen molar-refractivity contribution in [2.45, 2.75) is 18.7 Å². The number of rotatable bonds is 2. The first-order valence-electron chi connectivity index (χ1n) is 5.56. The molecule has 0 radical (unpaired) electrons. The Hall–Kier alpha value is -1.60. The maximum absolute atomic E-state index is 11.2. The normalized spacial score (nSPS) is 15.3. The number of hydrogen-bond acceptors (Lipinski definition) is 3. The van der Waals surface area contributed by atoms with E-state index >= 15 is 0 Å². The zero-order valence-corrected chi connectivity index (χ0v) is 10.7. The highest BCUT2D eigenvalue weighted by Crippen LogP contribution is 2.23. The molecular formula is C11H16N4O2S. The van der Waals surface area contributed by atoms with Gasteiger partial charge in [0.2, 0.25) is 10.0 Å². The average molecular weight is 268 g/mol. The summed E-state index contributed by atoms with van der Waals surface area (Å²) in [6.07, 6.45) is 0.681. The molecule has 5 N–H and O–H groups in total. The van der Waals surface area contributed by atoms with Gasteiger partial charge in [0.05, 0.1) is 5.75 Å². The lowest BCUT2D eigenvalue weighted by Crippen LogP contribution is -2.40. The minimum atomic E-state index is -3.52. The molecule has 0 fully saturated rings. The Morgan fingerprint density at radius 1 is 1.44 bits per heavy atom. The van der Waals surface area contributed by atoms with Crippen LogP contribution in [0.15, 0.2) is 18.2 Å². The minimum absolute atomic E-state index is 0.0394. The molecule has 0 spiro atoms. The smallest absolute Gasteiger partial charge is 0.213 e. The van der Waals surface area contributed by atoms with Crippen molar-refractivity contribution in [2.24, 2.45) is 10.9 Å². The van der Waals surface area contributed by atoms with Crippen LogP contribution in [0.1, 0.15) is 16.7 Å². The topological polar surface area (TPSA) is 113 Å². The number of hydrogen-bond donors (Lipinski definition) is 3. The summed E-state index contributed by atoms with van der Waals surface area (Å²) in [6.45, 7) is 1.17. The summed E-state index contributed by atoms with van der Waals surface area (Å²) >= 11 is 0. The lowest BCUT2D eigenvalue weighted by Gasteiger charge is -2.30. The van der Waals surface area contributed by atoms with E-state index in [0.29, 0.717) is 19.5 Å². The summed E-state index contributed by atoms with van der Waals surface area (Å²) < 4.78 is 22.3. The highest BCUT2D eigenvalue weighted by molar-refractivity contribution is 7.88. The van der Waals surface area contributed by atoms with Crippen LogP contribution in [0, 0.1) is 5.41 Å². The Labute approximate surface area is 106 Å². The number of nitrogens with two attached hydrogens (primary N) is 2. The van der Waals surface area contributed by atoms with E-state index in [2.05, 4.69) is 0 Å². The molecule has 98 valence electrons. The number of nitrogens with one attached hydrogen (secondary N) is 1. The molecule has 0 saturated heterocycles. The number of nitrogens with zero attached hydrogens (tertiary/aromatic N) is 1. The molecule has 2 rings (SSSR count). The second kappa shape index (κ2) is 4.58. The number of guanidine groups is 1. The van der Waals surface area contributed by atoms with E-state index < -0.39 is 10.0 Å². The lowest BCUT2D eigenvalue weighted by molar-refractivity contribution is 0.386. The average Bonchev–Trinajstić information content (AvgIpc) is 2.26. The molecule has 18 heavy (non-hydrogen) atoms. The predicted molar refractivity (Wildman–Crippen MR) is 69.3 cm³/mol. The molecule has 0 aromatic heterocycles. The van der Waals surface area contributed by atoms with Crippen LogP contribution in [-0.2, 0) is 28.7 Å². The van der Waals surface area contributed by atoms with Gasteiger partial charge in [-0.15, -0.1) is 0 Å². The largest absolute Gasteiger partial charge is 0.370 e. The van der Waals surface area contributed by atoms with Gasteiger partial charge < -0.3 is 10.6 Å². The van der Waals surface area contributed by atoms with Crippen molar-refractivity contribution in [3.8, 4) is 0 Å². The van der Waals surface area contributed by atoms with E-state index in [0.717, 1.165) is 16.7 Å². The maximum Gasteiger partial charge on any atom is 0.213 e. The molecule has 0 bridgehead atoms. The van der Waals surface area contributed by atoms with Gasteiger partial charge in [-0.1, -0.05) is 18.2 Å². The molecule has 7 heteroatoms. The molecule has 0 saturated carbocycles. The lowest BCUT2D eigenvalue weighted by atomic mass is 9.95. The summed E-state index contributed by atoms with van der Waals surface area (Å²) in [5, 5.41) is 12.5. The highest BCUT2D eigenvalue weighted by Gasteiger charge is 2.20. The fourth-order valence-electron chi connectivity index (χ4n) is 2.25. The minimum Gasteiger partial charge on any atom is -0.370 e. The van der Waals surface area contributed by atoms with Crippen LogP contribution >= 0.6 is 0 Å². The summed E-state index contributed by atoms with van der Waals surface area (Å²) in [4.78, 5) is 1.75. The first-order chi connectivity index (χ1) is 8.37. The molecule has 1 heterocycles. The fourth-order valence-corrected chi connectivity index (χ4v) is 2.95. The summed E-state index contributed by atoms with van der Waals surface area (Å²) in [5.41, 5.74) is 8.24. The van der Waals surface area contributed by atoms with Crippen LogP contribution in [0.4, 0.5) is 0 Å². The van der Waals surface area contributed by atoms with Crippen LogP contribution in [0.25, 0.3) is 0 Å². The third-order valence-electron chi connectivity index (χ3n) is 3.06. The summed E-state index contributed by atoms with van der Waals surface area (Å²) in [5.74, 6) is -0.103. The van der Waals surface area contributed by atoms with Gasteiger partial charge in [-0.2, -0.15) is 0 Å². The van der Waals surface area contributed by atoms with Gasteiger partial charge in [-0.25, -0.2) is 13.6 Å². The van der Waals surface area contributed by atoms with Gasteiger partial charge in [-0.3, -0.25) is 5.41 Å². The van der Waals surface area contributed by atoms with Crippen molar-refractivity contribution < 1.29 is 8.42 Å². The van der Waals surface area contributed by atoms with Crippen LogP contribution in [-0.4, -0.2) is 25.8 Å². The van der Waals surface area contributed by atoms with Gasteiger partial charge >= 0.3 is 0 Å². The van der Waals surface area contributed by atoms with Gasteiger partial charge in [0.25, 0.3) is 0 Å². The van der Waals surface area contributed by atoms with Crippen LogP contribution < -0.4 is 10.9 Å². The SMILES string of the molecule is N=C(N)N1CCc2c(cccc2CS(N)(=O)=O)C1. The monoisotopic (exact) mass is 268 g/mol. The van der Waals surface area contributed by atoms with Gasteiger partial charge in [0, 0.05) is 13.1 Å². The molecule has 0 amide bonds. The molecule has 1 aromatic rings. The molecule has 1 aromatic carbocycles. The Morgan fingerprint density at radius 3 is 2.78 bits per heavy atom. The molecular weight excluding hydrogens is 252 g/mol. The van der Waals surface area contributed by atoms with E-state index in [1.807, 2.05) is 12.1 Å². The standard InChI is InChI=1S/C11H16N4O2S/c12-11(13)15-5-4-10-8(6-15)2-1-3-9(10)7-18(14,16)17/h1-3H,4-7H2,(H3,12,13)(H2,14,16,17). The number of fused-ring (bicyclic) bond motifs is 1. The van der Waals surface area contributed by atoms with Gasteiger partial charge in [-0.05, 0) is 23.1 Å². The second-order valence-corrected chi connectivity index (χ2v) is 6.03. The molecule has 0 unspecified atom stereocenters. The Kier molecular flexibility index (Phi) is 3.27. The number of sulfonamides is 1. The molecule has 0 atom stereocenters. The molecule has 6 nitrogen and oxygen atoms in total. The van der Waals surface area contributed by atoms with Crippen molar-refractivity contribution in [1.82, 2.24) is 4.90 Å². The summed E-state index contributed by atoms with van der Waals surface area (Å²) in [6, 6.07) is 5.52. The first kappa shape index (κ1) is 12.8. The highest BCUT2D eigenvalue weighted by atomic mass is 32.2. The van der Waals surface area contributed by atoms with E-state index in [9.17, 15) is 8.42 Å². The Morgan fingerprint density at radius 2 is 2.17 bits per heavy atom. The zero-order chi connectivity index (χ0) is 13.3. The maximum atomic E-state index is 11.2. The second-order valence-electron chi connectivity index (χ2n) is 4.42. The van der Waals surface area contributed by atoms with Crippen LogP contribution in [0.3, 0.4) is 0 Å². The van der Waals surface area contributed by atoms with E-state index in [1.54, 1.807) is 11.0 Å². The van der Waals surface area contributed by atoms with E-state index in [1.165, 1.54) is 0 Å². The first-order valence-corrected chi connectivity index (χ1v) is 7.27. The van der Waals surface area contributed by atoms with Crippen molar-refractivity contribution in [2.75, 3.05) is 6.54 Å². The zero-order valence-electron chi connectivity index (χ0n) is 9.89. The quantitative estimate of drug-likeness (QED) is 0.506. The number of primary sulfonamides is 1. The van der Waals surface area contributed by atoms with Crippen molar-refractivity contribution in [3.05, 3.63) is 34.9 Å². The molecule has 0 aliphatic carbocycles. The fraction of sp³-hybridized carbons (Fsp3) is 0.364. The Balaban J connectivity index is 2.33. The number of benzene rings is 1. The van der Waals surface area contributed by atoms with Gasteiger partial charge in [0.15, 0.2) is 5.96 Å². The van der Waals surface area contributed by atoms with Crippen LogP contribution in [0.2, 0.25) is 0 Å². The van der Waals surface area contributed by atoms with Gasteiger partial charge in [0.1, 0.15) is 0 Å². The molecule has 1 aliphatic heterocycles. The van der Waals surface area contributed by atoms with Crippen molar-refractivity contribution in [1.29, 1.82) is 5.41 Å². The summed E-state index contributed by atoms with van der Waals surface area (Å²) in [7, 11) is -3.52.